The normalized spacial score (nSPS) is 23.1. The van der Waals surface area contributed by atoms with Gasteiger partial charge in [-0.3, -0.25) is 14.4 Å². The van der Waals surface area contributed by atoms with Gasteiger partial charge in [0.05, 0.1) is 24.0 Å². The van der Waals surface area contributed by atoms with Crippen LogP contribution in [0.25, 0.3) is 0 Å². The van der Waals surface area contributed by atoms with E-state index in [0.29, 0.717) is 0 Å². The maximum absolute atomic E-state index is 12.8. The van der Waals surface area contributed by atoms with E-state index < -0.39 is 49.8 Å². The maximum atomic E-state index is 12.8. The summed E-state index contributed by atoms with van der Waals surface area (Å²) in [6, 6.07) is -0.600. The predicted octanol–water partition coefficient (Wildman–Crippen LogP) is 3.29. The Labute approximate surface area is 169 Å². The Morgan fingerprint density at radius 2 is 1.64 bits per heavy atom. The number of aliphatic carboxylic acids is 1. The van der Waals surface area contributed by atoms with Crippen LogP contribution in [0.1, 0.15) is 55.4 Å². The number of β-lactam (4-membered cyclic amide) rings is 1. The van der Waals surface area contributed by atoms with Crippen molar-refractivity contribution in [3.05, 3.63) is 0 Å². The third-order valence-electron chi connectivity index (χ3n) is 5.71. The molecule has 1 saturated heterocycles. The molecule has 1 fully saturated rings. The van der Waals surface area contributed by atoms with E-state index in [9.17, 15) is 19.5 Å². The van der Waals surface area contributed by atoms with Crippen LogP contribution in [0, 0.1) is 11.8 Å². The van der Waals surface area contributed by atoms with E-state index in [1.165, 1.54) is 4.90 Å². The van der Waals surface area contributed by atoms with Gasteiger partial charge in [-0.05, 0) is 52.8 Å². The number of carboxylic acid groups (broad SMARTS) is 1. The van der Waals surface area contributed by atoms with Crippen molar-refractivity contribution in [1.29, 1.82) is 0 Å². The van der Waals surface area contributed by atoms with Gasteiger partial charge in [0, 0.05) is 0 Å². The number of nitrogens with zero attached hydrogens (tertiary/aromatic N) is 1. The molecule has 28 heavy (non-hydrogen) atoms. The van der Waals surface area contributed by atoms with Gasteiger partial charge < -0.3 is 19.2 Å². The zero-order valence-electron chi connectivity index (χ0n) is 19.0. The van der Waals surface area contributed by atoms with Crippen LogP contribution in [0.15, 0.2) is 0 Å². The minimum atomic E-state index is -2.13. The summed E-state index contributed by atoms with van der Waals surface area (Å²) in [4.78, 5) is 38.0. The van der Waals surface area contributed by atoms with Crippen molar-refractivity contribution in [1.82, 2.24) is 4.90 Å². The number of hydrogen-bond acceptors (Lipinski definition) is 5. The number of carboxylic acids is 1. The van der Waals surface area contributed by atoms with Crippen molar-refractivity contribution in [2.24, 2.45) is 11.8 Å². The van der Waals surface area contributed by atoms with E-state index in [1.54, 1.807) is 27.7 Å². The summed E-state index contributed by atoms with van der Waals surface area (Å²) in [7, 11) is -2.13. The Balaban J connectivity index is 3.02. The molecule has 0 unspecified atom stereocenters. The number of hydrogen-bond donors (Lipinski definition) is 1. The maximum Gasteiger partial charge on any atom is 0.326 e. The third kappa shape index (κ3) is 5.56. The SMILES string of the molecule is C[C@@H](O[Si](C)(C)C(C)(C)C)[C@H]1C(=O)N(CC(=O)OC(C)(C)C)[C@@H]1[C@@H](C)C(=O)O. The highest BCUT2D eigenvalue weighted by atomic mass is 28.4. The molecule has 8 heteroatoms. The van der Waals surface area contributed by atoms with Gasteiger partial charge in [0.15, 0.2) is 8.32 Å². The number of carbonyl (C=O) groups excluding carboxylic acids is 2. The molecule has 4 atom stereocenters. The topological polar surface area (TPSA) is 93.1 Å². The van der Waals surface area contributed by atoms with E-state index in [0.717, 1.165) is 0 Å². The molecule has 1 aliphatic heterocycles. The zero-order valence-corrected chi connectivity index (χ0v) is 20.0. The average molecular weight is 416 g/mol. The van der Waals surface area contributed by atoms with Gasteiger partial charge in [-0.15, -0.1) is 0 Å². The summed E-state index contributed by atoms with van der Waals surface area (Å²) in [5, 5.41) is 9.49. The van der Waals surface area contributed by atoms with Crippen LogP contribution < -0.4 is 0 Å². The molecule has 1 amide bonds. The first-order valence-corrected chi connectivity index (χ1v) is 12.7. The first-order chi connectivity index (χ1) is 12.4. The molecule has 0 aromatic carbocycles. The van der Waals surface area contributed by atoms with Crippen LogP contribution in [0.4, 0.5) is 0 Å². The van der Waals surface area contributed by atoms with Gasteiger partial charge in [-0.2, -0.15) is 0 Å². The molecule has 7 nitrogen and oxygen atoms in total. The molecule has 0 aliphatic carbocycles. The molecule has 0 saturated carbocycles. The Hall–Kier alpha value is -1.41. The Kier molecular flexibility index (Phi) is 7.16. The highest BCUT2D eigenvalue weighted by Crippen LogP contribution is 2.41. The van der Waals surface area contributed by atoms with Gasteiger partial charge in [-0.1, -0.05) is 20.8 Å². The fraction of sp³-hybridized carbons (Fsp3) is 0.850. The Morgan fingerprint density at radius 1 is 1.14 bits per heavy atom. The number of rotatable bonds is 7. The van der Waals surface area contributed by atoms with E-state index in [4.69, 9.17) is 9.16 Å². The summed E-state index contributed by atoms with van der Waals surface area (Å²) >= 11 is 0. The quantitative estimate of drug-likeness (QED) is 0.390. The van der Waals surface area contributed by atoms with Crippen molar-refractivity contribution in [2.75, 3.05) is 6.54 Å². The Morgan fingerprint density at radius 3 is 2.04 bits per heavy atom. The first-order valence-electron chi connectivity index (χ1n) is 9.82. The van der Waals surface area contributed by atoms with Crippen molar-refractivity contribution in [3.63, 3.8) is 0 Å². The number of likely N-dealkylation sites (tertiary alicyclic amines) is 1. The highest BCUT2D eigenvalue weighted by molar-refractivity contribution is 6.74. The van der Waals surface area contributed by atoms with E-state index in [2.05, 4.69) is 33.9 Å². The van der Waals surface area contributed by atoms with Crippen LogP contribution in [-0.2, 0) is 23.5 Å². The number of esters is 1. The number of amides is 1. The van der Waals surface area contributed by atoms with Crippen LogP contribution in [0.2, 0.25) is 18.1 Å². The molecule has 0 bridgehead atoms. The highest BCUT2D eigenvalue weighted by Gasteiger charge is 2.56. The molecule has 0 aromatic rings. The van der Waals surface area contributed by atoms with Gasteiger partial charge in [0.2, 0.25) is 5.91 Å². The standard InChI is InChI=1S/C20H37NO6Si/c1-12(18(24)25)16-15(13(2)27-28(9,10)20(6,7)8)17(23)21(16)11-14(22)26-19(3,4)5/h12-13,15-16H,11H2,1-10H3,(H,24,25)/t12-,13-,15-,16-/m1/s1. The lowest BCUT2D eigenvalue weighted by Crippen LogP contribution is -2.69. The fourth-order valence-corrected chi connectivity index (χ4v) is 4.64. The van der Waals surface area contributed by atoms with Crippen molar-refractivity contribution in [2.45, 2.75) is 91.3 Å². The minimum Gasteiger partial charge on any atom is -0.481 e. The predicted molar refractivity (Wildman–Crippen MR) is 109 cm³/mol. The molecule has 162 valence electrons. The molecule has 1 aliphatic rings. The average Bonchev–Trinajstić information content (AvgIpc) is 2.45. The second-order valence-corrected chi connectivity index (χ2v) is 15.0. The van der Waals surface area contributed by atoms with Gasteiger partial charge in [0.1, 0.15) is 12.1 Å². The van der Waals surface area contributed by atoms with Crippen LogP contribution in [0.5, 0.6) is 0 Å². The lowest BCUT2D eigenvalue weighted by atomic mass is 9.76. The summed E-state index contributed by atoms with van der Waals surface area (Å²) in [6.45, 7) is 18.9. The monoisotopic (exact) mass is 415 g/mol. The smallest absolute Gasteiger partial charge is 0.326 e. The molecule has 0 spiro atoms. The van der Waals surface area contributed by atoms with Crippen molar-refractivity contribution >= 4 is 26.2 Å². The Bertz CT molecular complexity index is 619. The molecule has 1 N–H and O–H groups in total. The summed E-state index contributed by atoms with van der Waals surface area (Å²) in [5.74, 6) is -3.19. The van der Waals surface area contributed by atoms with E-state index in [1.807, 2.05) is 6.92 Å². The molecule has 0 aromatic heterocycles. The van der Waals surface area contributed by atoms with Crippen LogP contribution in [0.3, 0.4) is 0 Å². The largest absolute Gasteiger partial charge is 0.481 e. The first kappa shape index (κ1) is 24.6. The minimum absolute atomic E-state index is 0.0296. The second kappa shape index (κ2) is 8.14. The fourth-order valence-electron chi connectivity index (χ4n) is 3.21. The van der Waals surface area contributed by atoms with Crippen LogP contribution >= 0.6 is 0 Å². The summed E-state index contributed by atoms with van der Waals surface area (Å²) in [5.41, 5.74) is -0.670. The van der Waals surface area contributed by atoms with Crippen molar-refractivity contribution in [3.8, 4) is 0 Å². The lowest BCUT2D eigenvalue weighted by Gasteiger charge is -2.52. The molecule has 1 rings (SSSR count). The van der Waals surface area contributed by atoms with E-state index >= 15 is 0 Å². The summed E-state index contributed by atoms with van der Waals surface area (Å²) < 4.78 is 11.7. The van der Waals surface area contributed by atoms with Gasteiger partial charge in [0.25, 0.3) is 0 Å². The number of carbonyl (C=O) groups is 3. The van der Waals surface area contributed by atoms with Gasteiger partial charge in [-0.25, -0.2) is 0 Å². The van der Waals surface area contributed by atoms with Gasteiger partial charge >= 0.3 is 11.9 Å². The third-order valence-corrected chi connectivity index (χ3v) is 10.3. The second-order valence-electron chi connectivity index (χ2n) is 10.3. The zero-order chi connectivity index (χ0) is 22.2. The number of ether oxygens (including phenoxy) is 1. The van der Waals surface area contributed by atoms with Crippen molar-refractivity contribution < 1.29 is 28.7 Å². The molecular formula is C20H37NO6Si. The van der Waals surface area contributed by atoms with Crippen LogP contribution in [-0.4, -0.2) is 60.5 Å². The summed E-state index contributed by atoms with van der Waals surface area (Å²) in [6.07, 6.45) is -0.421. The lowest BCUT2D eigenvalue weighted by molar-refractivity contribution is -0.180. The molecule has 0 radical (unpaired) electrons. The molecular weight excluding hydrogens is 378 g/mol. The van der Waals surface area contributed by atoms with E-state index in [-0.39, 0.29) is 17.5 Å². The molecule has 1 heterocycles.